The Kier molecular flexibility index (Phi) is 4.34. The first kappa shape index (κ1) is 16.8. The van der Waals surface area contributed by atoms with Gasteiger partial charge in [-0.25, -0.2) is 0 Å². The molecule has 0 radical (unpaired) electrons. The largest absolute Gasteiger partial charge is 0.534 e. The average molecular weight is 341 g/mol. The number of hydrogen-bond acceptors (Lipinski definition) is 4. The Morgan fingerprint density at radius 3 is 2.35 bits per heavy atom. The van der Waals surface area contributed by atoms with E-state index in [-0.39, 0.29) is 11.1 Å². The minimum Gasteiger partial charge on any atom is -0.375 e. The SMILES string of the molecule is Cc1cccc(OS(=O)(=O)C(F)(F)F)c1-c1ccccc1C#N. The van der Waals surface area contributed by atoms with Crippen LogP contribution in [0.1, 0.15) is 11.1 Å². The molecule has 0 amide bonds. The highest BCUT2D eigenvalue weighted by Crippen LogP contribution is 2.37. The minimum atomic E-state index is -5.80. The fourth-order valence-electron chi connectivity index (χ4n) is 2.02. The topological polar surface area (TPSA) is 67.2 Å². The van der Waals surface area contributed by atoms with E-state index in [4.69, 9.17) is 5.26 Å². The van der Waals surface area contributed by atoms with Crippen molar-refractivity contribution >= 4 is 10.1 Å². The van der Waals surface area contributed by atoms with E-state index in [0.29, 0.717) is 11.1 Å². The first-order chi connectivity index (χ1) is 10.7. The molecule has 0 spiro atoms. The molecule has 0 aliphatic carbocycles. The van der Waals surface area contributed by atoms with E-state index in [2.05, 4.69) is 4.18 Å². The molecular formula is C15H10F3NO3S. The maximum atomic E-state index is 12.5. The van der Waals surface area contributed by atoms with E-state index in [1.54, 1.807) is 25.1 Å². The van der Waals surface area contributed by atoms with Crippen LogP contribution in [0, 0.1) is 18.3 Å². The Labute approximate surface area is 130 Å². The fourth-order valence-corrected chi connectivity index (χ4v) is 2.49. The maximum absolute atomic E-state index is 12.5. The first-order valence-corrected chi connectivity index (χ1v) is 7.68. The summed E-state index contributed by atoms with van der Waals surface area (Å²) >= 11 is 0. The van der Waals surface area contributed by atoms with Gasteiger partial charge in [-0.2, -0.15) is 26.9 Å². The molecule has 0 aromatic heterocycles. The Morgan fingerprint density at radius 1 is 1.09 bits per heavy atom. The minimum absolute atomic E-state index is 0.123. The van der Waals surface area contributed by atoms with Crippen molar-refractivity contribution in [2.45, 2.75) is 12.4 Å². The molecule has 0 N–H and O–H groups in total. The zero-order chi connectivity index (χ0) is 17.3. The van der Waals surface area contributed by atoms with Crippen molar-refractivity contribution in [2.75, 3.05) is 0 Å². The number of nitrogens with zero attached hydrogens (tertiary/aromatic N) is 1. The molecule has 120 valence electrons. The van der Waals surface area contributed by atoms with E-state index in [9.17, 15) is 21.6 Å². The zero-order valence-electron chi connectivity index (χ0n) is 11.8. The molecule has 2 aromatic rings. The summed E-state index contributed by atoms with van der Waals surface area (Å²) in [6, 6.07) is 12.1. The highest BCUT2D eigenvalue weighted by Gasteiger charge is 2.48. The predicted molar refractivity (Wildman–Crippen MR) is 76.9 cm³/mol. The lowest BCUT2D eigenvalue weighted by Crippen LogP contribution is -2.28. The standard InChI is InChI=1S/C15H10F3NO3S/c1-10-5-4-8-13(22-23(20,21)15(16,17)18)14(10)12-7-3-2-6-11(12)9-19/h2-8H,1H3. The second-order valence-corrected chi connectivity index (χ2v) is 6.13. The van der Waals surface area contributed by atoms with Gasteiger partial charge >= 0.3 is 15.6 Å². The van der Waals surface area contributed by atoms with Gasteiger partial charge in [0.25, 0.3) is 0 Å². The van der Waals surface area contributed by atoms with Crippen molar-refractivity contribution in [1.82, 2.24) is 0 Å². The van der Waals surface area contributed by atoms with Gasteiger partial charge in [0.05, 0.1) is 11.6 Å². The molecule has 0 unspecified atom stereocenters. The van der Waals surface area contributed by atoms with Gasteiger partial charge < -0.3 is 4.18 Å². The molecule has 23 heavy (non-hydrogen) atoms. The fraction of sp³-hybridized carbons (Fsp3) is 0.133. The van der Waals surface area contributed by atoms with Crippen LogP contribution in [0.4, 0.5) is 13.2 Å². The van der Waals surface area contributed by atoms with Gasteiger partial charge in [-0.05, 0) is 24.6 Å². The Bertz CT molecular complexity index is 884. The van der Waals surface area contributed by atoms with Crippen molar-refractivity contribution in [3.8, 4) is 22.9 Å². The Balaban J connectivity index is 2.66. The summed E-state index contributed by atoms with van der Waals surface area (Å²) in [7, 11) is -5.80. The van der Waals surface area contributed by atoms with Crippen LogP contribution < -0.4 is 4.18 Å². The molecule has 2 rings (SSSR count). The quantitative estimate of drug-likeness (QED) is 0.630. The summed E-state index contributed by atoms with van der Waals surface area (Å²) < 4.78 is 64.4. The van der Waals surface area contributed by atoms with Gasteiger partial charge in [-0.3, -0.25) is 0 Å². The van der Waals surface area contributed by atoms with Crippen molar-refractivity contribution < 1.29 is 25.8 Å². The van der Waals surface area contributed by atoms with E-state index in [1.165, 1.54) is 18.2 Å². The summed E-state index contributed by atoms with van der Waals surface area (Å²) in [5, 5.41) is 9.13. The van der Waals surface area contributed by atoms with Gasteiger partial charge in [-0.15, -0.1) is 0 Å². The van der Waals surface area contributed by atoms with Gasteiger partial charge in [0, 0.05) is 11.1 Å². The van der Waals surface area contributed by atoms with Gasteiger partial charge in [-0.1, -0.05) is 30.3 Å². The van der Waals surface area contributed by atoms with Crippen LogP contribution in [-0.4, -0.2) is 13.9 Å². The molecular weight excluding hydrogens is 331 g/mol. The summed E-state index contributed by atoms with van der Waals surface area (Å²) in [5.74, 6) is -0.481. The highest BCUT2D eigenvalue weighted by atomic mass is 32.2. The summed E-state index contributed by atoms with van der Waals surface area (Å²) in [6.45, 7) is 1.58. The molecule has 2 aromatic carbocycles. The third kappa shape index (κ3) is 3.29. The molecule has 0 aliphatic rings. The van der Waals surface area contributed by atoms with Crippen LogP contribution >= 0.6 is 0 Å². The second-order valence-electron chi connectivity index (χ2n) is 4.59. The summed E-state index contributed by atoms with van der Waals surface area (Å²) in [5.41, 5.74) is -4.46. The molecule has 0 atom stereocenters. The molecule has 0 bridgehead atoms. The van der Waals surface area contributed by atoms with E-state index < -0.39 is 21.4 Å². The van der Waals surface area contributed by atoms with Crippen molar-refractivity contribution in [3.63, 3.8) is 0 Å². The second kappa shape index (κ2) is 5.93. The smallest absolute Gasteiger partial charge is 0.375 e. The van der Waals surface area contributed by atoms with Gasteiger partial charge in [0.15, 0.2) is 5.75 Å². The molecule has 0 aliphatic heterocycles. The Morgan fingerprint density at radius 2 is 1.74 bits per heavy atom. The third-order valence-electron chi connectivity index (χ3n) is 3.03. The number of alkyl halides is 3. The average Bonchev–Trinajstić information content (AvgIpc) is 2.46. The van der Waals surface area contributed by atoms with Crippen LogP contribution in [0.25, 0.3) is 11.1 Å². The van der Waals surface area contributed by atoms with Crippen molar-refractivity contribution in [2.24, 2.45) is 0 Å². The van der Waals surface area contributed by atoms with E-state index >= 15 is 0 Å². The number of halogens is 3. The number of rotatable bonds is 3. The Hall–Kier alpha value is -2.53. The summed E-state index contributed by atoms with van der Waals surface area (Å²) in [4.78, 5) is 0. The lowest BCUT2D eigenvalue weighted by atomic mass is 9.96. The first-order valence-electron chi connectivity index (χ1n) is 6.27. The van der Waals surface area contributed by atoms with Crippen LogP contribution in [0.2, 0.25) is 0 Å². The third-order valence-corrected chi connectivity index (χ3v) is 4.00. The molecule has 0 saturated carbocycles. The molecule has 4 nitrogen and oxygen atoms in total. The molecule has 0 fully saturated rings. The molecule has 0 heterocycles. The van der Waals surface area contributed by atoms with Crippen LogP contribution in [0.3, 0.4) is 0 Å². The van der Waals surface area contributed by atoms with Crippen LogP contribution in [0.15, 0.2) is 42.5 Å². The molecule has 8 heteroatoms. The van der Waals surface area contributed by atoms with E-state index in [0.717, 1.165) is 6.07 Å². The normalized spacial score (nSPS) is 11.8. The maximum Gasteiger partial charge on any atom is 0.534 e. The number of aryl methyl sites for hydroxylation is 1. The van der Waals surface area contributed by atoms with Crippen LogP contribution in [0.5, 0.6) is 5.75 Å². The number of hydrogen-bond donors (Lipinski definition) is 0. The van der Waals surface area contributed by atoms with Crippen molar-refractivity contribution in [3.05, 3.63) is 53.6 Å². The van der Waals surface area contributed by atoms with Crippen molar-refractivity contribution in [1.29, 1.82) is 5.26 Å². The number of benzene rings is 2. The predicted octanol–water partition coefficient (Wildman–Crippen LogP) is 3.76. The summed E-state index contributed by atoms with van der Waals surface area (Å²) in [6.07, 6.45) is 0. The number of nitriles is 1. The van der Waals surface area contributed by atoms with E-state index in [1.807, 2.05) is 6.07 Å². The molecule has 0 saturated heterocycles. The van der Waals surface area contributed by atoms with Gasteiger partial charge in [0.2, 0.25) is 0 Å². The van der Waals surface area contributed by atoms with Gasteiger partial charge in [0.1, 0.15) is 0 Å². The monoisotopic (exact) mass is 341 g/mol. The zero-order valence-corrected chi connectivity index (χ0v) is 12.6. The lowest BCUT2D eigenvalue weighted by molar-refractivity contribution is -0.0499. The highest BCUT2D eigenvalue weighted by molar-refractivity contribution is 7.88. The van der Waals surface area contributed by atoms with Crippen LogP contribution in [-0.2, 0) is 10.1 Å². The lowest BCUT2D eigenvalue weighted by Gasteiger charge is -2.15.